The van der Waals surface area contributed by atoms with Gasteiger partial charge in [-0.1, -0.05) is 0 Å². The molecule has 0 aliphatic rings. The molecule has 8 heteroatoms. The van der Waals surface area contributed by atoms with E-state index < -0.39 is 6.36 Å². The minimum Gasteiger partial charge on any atom is -0.406 e. The second kappa shape index (κ2) is 6.04. The number of pyridine rings is 1. The highest BCUT2D eigenvalue weighted by Crippen LogP contribution is 2.37. The highest BCUT2D eigenvalue weighted by molar-refractivity contribution is 9.10. The molecule has 1 heterocycles. The Bertz CT molecular complexity index is 687. The molecule has 0 amide bonds. The first-order valence-corrected chi connectivity index (χ1v) is 7.01. The average molecular weight is 376 g/mol. The van der Waals surface area contributed by atoms with E-state index in [1.165, 1.54) is 24.3 Å². The summed E-state index contributed by atoms with van der Waals surface area (Å²) in [4.78, 5) is 4.38. The van der Waals surface area contributed by atoms with Crippen LogP contribution in [0.15, 0.2) is 28.7 Å². The largest absolute Gasteiger partial charge is 0.573 e. The van der Waals surface area contributed by atoms with E-state index in [0.29, 0.717) is 28.3 Å². The molecule has 2 rings (SSSR count). The lowest BCUT2D eigenvalue weighted by molar-refractivity contribution is -0.274. The zero-order valence-corrected chi connectivity index (χ0v) is 13.3. The summed E-state index contributed by atoms with van der Waals surface area (Å²) in [5.41, 5.74) is 8.95. The molecule has 0 saturated carbocycles. The number of anilines is 2. The van der Waals surface area contributed by atoms with E-state index in [1.807, 2.05) is 0 Å². The van der Waals surface area contributed by atoms with Crippen LogP contribution in [0.25, 0.3) is 11.3 Å². The fraction of sp³-hybridized carbons (Fsp3) is 0.214. The molecule has 1 aromatic carbocycles. The second-order valence-corrected chi connectivity index (χ2v) is 5.26. The predicted molar refractivity (Wildman–Crippen MR) is 82.8 cm³/mol. The van der Waals surface area contributed by atoms with Gasteiger partial charge in [0, 0.05) is 12.6 Å². The van der Waals surface area contributed by atoms with E-state index in [4.69, 9.17) is 5.73 Å². The van der Waals surface area contributed by atoms with Crippen molar-refractivity contribution >= 4 is 27.3 Å². The van der Waals surface area contributed by atoms with Crippen molar-refractivity contribution in [1.29, 1.82) is 0 Å². The number of nitrogen functional groups attached to an aromatic ring is 1. The number of rotatable bonds is 3. The van der Waals surface area contributed by atoms with Crippen LogP contribution in [0.3, 0.4) is 0 Å². The van der Waals surface area contributed by atoms with E-state index in [-0.39, 0.29) is 5.75 Å². The highest BCUT2D eigenvalue weighted by Gasteiger charge is 2.31. The van der Waals surface area contributed by atoms with Crippen molar-refractivity contribution in [3.05, 3.63) is 34.4 Å². The first-order valence-electron chi connectivity index (χ1n) is 6.22. The van der Waals surface area contributed by atoms with E-state index >= 15 is 0 Å². The SMILES string of the molecule is CNc1c(N)c(-c2ccc(OC(F)(F)F)cc2)nc(C)c1Br. The summed E-state index contributed by atoms with van der Waals surface area (Å²) in [5.74, 6) is -0.294. The maximum absolute atomic E-state index is 12.2. The Hall–Kier alpha value is -1.96. The first kappa shape index (κ1) is 16.4. The van der Waals surface area contributed by atoms with Crippen LogP contribution in [-0.2, 0) is 0 Å². The predicted octanol–water partition coefficient (Wildman–Crippen LogP) is 4.34. The second-order valence-electron chi connectivity index (χ2n) is 4.47. The molecule has 118 valence electrons. The normalized spacial score (nSPS) is 11.4. The number of nitrogens with one attached hydrogen (secondary N) is 1. The molecular weight excluding hydrogens is 363 g/mol. The minimum atomic E-state index is -4.72. The van der Waals surface area contributed by atoms with E-state index in [0.717, 1.165) is 4.47 Å². The summed E-state index contributed by atoms with van der Waals surface area (Å²) in [7, 11) is 1.72. The number of hydrogen-bond donors (Lipinski definition) is 2. The molecule has 0 aliphatic heterocycles. The Labute approximate surface area is 133 Å². The molecule has 0 atom stereocenters. The molecule has 22 heavy (non-hydrogen) atoms. The van der Waals surface area contributed by atoms with Crippen molar-refractivity contribution in [3.63, 3.8) is 0 Å². The molecular formula is C14H13BrF3N3O. The number of benzene rings is 1. The van der Waals surface area contributed by atoms with Crippen molar-refractivity contribution in [3.8, 4) is 17.0 Å². The zero-order valence-electron chi connectivity index (χ0n) is 11.8. The van der Waals surface area contributed by atoms with Gasteiger partial charge in [-0.05, 0) is 47.1 Å². The van der Waals surface area contributed by atoms with Crippen LogP contribution in [0.1, 0.15) is 5.69 Å². The number of aryl methyl sites for hydroxylation is 1. The zero-order chi connectivity index (χ0) is 16.5. The van der Waals surface area contributed by atoms with Crippen LogP contribution in [0.4, 0.5) is 24.5 Å². The smallest absolute Gasteiger partial charge is 0.406 e. The maximum Gasteiger partial charge on any atom is 0.573 e. The minimum absolute atomic E-state index is 0.294. The van der Waals surface area contributed by atoms with Gasteiger partial charge in [0.2, 0.25) is 0 Å². The van der Waals surface area contributed by atoms with Gasteiger partial charge in [0.05, 0.1) is 27.2 Å². The Kier molecular flexibility index (Phi) is 4.50. The van der Waals surface area contributed by atoms with Crippen molar-refractivity contribution in [1.82, 2.24) is 4.98 Å². The number of ether oxygens (including phenoxy) is 1. The Morgan fingerprint density at radius 1 is 1.23 bits per heavy atom. The van der Waals surface area contributed by atoms with Crippen LogP contribution in [-0.4, -0.2) is 18.4 Å². The Morgan fingerprint density at radius 2 is 1.82 bits per heavy atom. The molecule has 4 nitrogen and oxygen atoms in total. The van der Waals surface area contributed by atoms with Gasteiger partial charge in [0.15, 0.2) is 0 Å². The van der Waals surface area contributed by atoms with Gasteiger partial charge in [-0.3, -0.25) is 0 Å². The van der Waals surface area contributed by atoms with Crippen molar-refractivity contribution in [2.24, 2.45) is 0 Å². The van der Waals surface area contributed by atoms with E-state index in [9.17, 15) is 13.2 Å². The molecule has 2 aromatic rings. The fourth-order valence-corrected chi connectivity index (χ4v) is 2.47. The summed E-state index contributed by atoms with van der Waals surface area (Å²) < 4.78 is 41.1. The first-order chi connectivity index (χ1) is 10.2. The van der Waals surface area contributed by atoms with E-state index in [1.54, 1.807) is 14.0 Å². The van der Waals surface area contributed by atoms with Gasteiger partial charge < -0.3 is 15.8 Å². The van der Waals surface area contributed by atoms with Crippen LogP contribution in [0, 0.1) is 6.92 Å². The van der Waals surface area contributed by atoms with Crippen LogP contribution >= 0.6 is 15.9 Å². The number of halogens is 4. The molecule has 0 fully saturated rings. The van der Waals surface area contributed by atoms with Gasteiger partial charge in [-0.15, -0.1) is 13.2 Å². The lowest BCUT2D eigenvalue weighted by Crippen LogP contribution is -2.16. The van der Waals surface area contributed by atoms with Gasteiger partial charge in [-0.2, -0.15) is 0 Å². The standard InChI is InChI=1S/C14H13BrF3N3O/c1-7-10(15)13(20-2)11(19)12(21-7)8-3-5-9(6-4-8)22-14(16,17)18/h3-6H,19H2,1-2H3,(H,20,21). The lowest BCUT2D eigenvalue weighted by atomic mass is 10.1. The van der Waals surface area contributed by atoms with Crippen molar-refractivity contribution in [2.45, 2.75) is 13.3 Å². The topological polar surface area (TPSA) is 60.2 Å². The van der Waals surface area contributed by atoms with Gasteiger partial charge in [0.1, 0.15) is 5.75 Å². The highest BCUT2D eigenvalue weighted by atomic mass is 79.9. The lowest BCUT2D eigenvalue weighted by Gasteiger charge is -2.15. The monoisotopic (exact) mass is 375 g/mol. The number of alkyl halides is 3. The van der Waals surface area contributed by atoms with Crippen LogP contribution in [0.2, 0.25) is 0 Å². The third-order valence-electron chi connectivity index (χ3n) is 2.95. The Balaban J connectivity index is 2.43. The summed E-state index contributed by atoms with van der Waals surface area (Å²) >= 11 is 3.39. The van der Waals surface area contributed by atoms with Gasteiger partial charge in [0.25, 0.3) is 0 Å². The summed E-state index contributed by atoms with van der Waals surface area (Å²) in [6, 6.07) is 5.40. The molecule has 0 radical (unpaired) electrons. The Morgan fingerprint density at radius 3 is 2.32 bits per heavy atom. The van der Waals surface area contributed by atoms with Crippen LogP contribution in [0.5, 0.6) is 5.75 Å². The number of nitrogens with zero attached hydrogens (tertiary/aromatic N) is 1. The molecule has 0 unspecified atom stereocenters. The molecule has 1 aromatic heterocycles. The van der Waals surface area contributed by atoms with Crippen molar-refractivity contribution in [2.75, 3.05) is 18.1 Å². The summed E-state index contributed by atoms with van der Waals surface area (Å²) in [6.07, 6.45) is -4.72. The quantitative estimate of drug-likeness (QED) is 0.837. The number of nitrogens with two attached hydrogens (primary N) is 1. The molecule has 3 N–H and O–H groups in total. The molecule has 0 saturated heterocycles. The van der Waals surface area contributed by atoms with Gasteiger partial charge >= 0.3 is 6.36 Å². The van der Waals surface area contributed by atoms with Crippen LogP contribution < -0.4 is 15.8 Å². The molecule has 0 spiro atoms. The molecule has 0 bridgehead atoms. The summed E-state index contributed by atoms with van der Waals surface area (Å²) in [5, 5.41) is 2.97. The maximum atomic E-state index is 12.2. The van der Waals surface area contributed by atoms with Crippen molar-refractivity contribution < 1.29 is 17.9 Å². The number of hydrogen-bond acceptors (Lipinski definition) is 4. The fourth-order valence-electron chi connectivity index (χ4n) is 1.97. The third kappa shape index (κ3) is 3.44. The third-order valence-corrected chi connectivity index (χ3v) is 3.92. The number of aromatic nitrogens is 1. The summed E-state index contributed by atoms with van der Waals surface area (Å²) in [6.45, 7) is 1.80. The average Bonchev–Trinajstić information content (AvgIpc) is 2.43. The molecule has 0 aliphatic carbocycles. The van der Waals surface area contributed by atoms with Gasteiger partial charge in [-0.25, -0.2) is 4.98 Å². The van der Waals surface area contributed by atoms with E-state index in [2.05, 4.69) is 31.0 Å².